The van der Waals surface area contributed by atoms with E-state index in [4.69, 9.17) is 4.74 Å². The molecule has 1 fully saturated rings. The Morgan fingerprint density at radius 1 is 1.58 bits per heavy atom. The van der Waals surface area contributed by atoms with E-state index in [1.807, 2.05) is 6.20 Å². The van der Waals surface area contributed by atoms with Crippen molar-refractivity contribution in [3.05, 3.63) is 22.3 Å². The highest BCUT2D eigenvalue weighted by atomic mass is 79.9. The quantitative estimate of drug-likeness (QED) is 0.901. The molecule has 1 aromatic heterocycles. The van der Waals surface area contributed by atoms with Crippen LogP contribution in [-0.2, 0) is 11.3 Å². The normalized spacial score (nSPS) is 19.4. The van der Waals surface area contributed by atoms with Crippen molar-refractivity contribution >= 4 is 21.7 Å². The van der Waals surface area contributed by atoms with Crippen LogP contribution in [0.1, 0.15) is 25.8 Å². The van der Waals surface area contributed by atoms with E-state index in [0.29, 0.717) is 12.1 Å². The van der Waals surface area contributed by atoms with Crippen LogP contribution in [0, 0.1) is 0 Å². The zero-order chi connectivity index (χ0) is 13.8. The smallest absolute Gasteiger partial charge is 0.133 e. The molecule has 4 nitrogen and oxygen atoms in total. The van der Waals surface area contributed by atoms with Crippen LogP contribution in [0.4, 0.5) is 5.82 Å². The van der Waals surface area contributed by atoms with Gasteiger partial charge >= 0.3 is 0 Å². The van der Waals surface area contributed by atoms with Gasteiger partial charge in [0.2, 0.25) is 0 Å². The first-order valence-electron chi connectivity index (χ1n) is 6.75. The molecule has 0 aliphatic carbocycles. The van der Waals surface area contributed by atoms with Crippen molar-refractivity contribution < 1.29 is 4.74 Å². The van der Waals surface area contributed by atoms with Gasteiger partial charge in [0.1, 0.15) is 5.82 Å². The van der Waals surface area contributed by atoms with Crippen molar-refractivity contribution in [1.29, 1.82) is 0 Å². The van der Waals surface area contributed by atoms with E-state index in [0.717, 1.165) is 36.3 Å². The number of nitrogens with one attached hydrogen (secondary N) is 1. The molecule has 1 atom stereocenters. The number of halogens is 1. The molecule has 0 bridgehead atoms. The number of methoxy groups -OCH3 is 1. The number of aromatic nitrogens is 1. The second-order valence-electron chi connectivity index (χ2n) is 5.26. The molecule has 0 spiro atoms. The Bertz CT molecular complexity index is 425. The SMILES string of the molecule is COC1CCN(c2ncc(Br)cc2CNC(C)C)C1. The third-order valence-corrected chi connectivity index (χ3v) is 3.82. The lowest BCUT2D eigenvalue weighted by Crippen LogP contribution is -2.27. The van der Waals surface area contributed by atoms with Crippen LogP contribution >= 0.6 is 15.9 Å². The molecular formula is C14H22BrN3O. The van der Waals surface area contributed by atoms with E-state index in [9.17, 15) is 0 Å². The summed E-state index contributed by atoms with van der Waals surface area (Å²) in [5.74, 6) is 1.08. The number of hydrogen-bond acceptors (Lipinski definition) is 4. The van der Waals surface area contributed by atoms with Gasteiger partial charge in [-0.3, -0.25) is 0 Å². The fourth-order valence-electron chi connectivity index (χ4n) is 2.32. The summed E-state index contributed by atoms with van der Waals surface area (Å²) in [4.78, 5) is 6.91. The van der Waals surface area contributed by atoms with Crippen LogP contribution in [0.15, 0.2) is 16.7 Å². The Labute approximate surface area is 123 Å². The van der Waals surface area contributed by atoms with E-state index in [1.165, 1.54) is 5.56 Å². The number of anilines is 1. The molecular weight excluding hydrogens is 306 g/mol. The lowest BCUT2D eigenvalue weighted by atomic mass is 10.2. The molecule has 106 valence electrons. The van der Waals surface area contributed by atoms with Gasteiger partial charge in [0.15, 0.2) is 0 Å². The van der Waals surface area contributed by atoms with Gasteiger partial charge < -0.3 is 15.0 Å². The average Bonchev–Trinajstić information content (AvgIpc) is 2.85. The van der Waals surface area contributed by atoms with Crippen molar-refractivity contribution in [2.75, 3.05) is 25.1 Å². The van der Waals surface area contributed by atoms with E-state index < -0.39 is 0 Å². The molecule has 0 amide bonds. The van der Waals surface area contributed by atoms with E-state index in [-0.39, 0.29) is 0 Å². The summed E-state index contributed by atoms with van der Waals surface area (Å²) in [5, 5.41) is 3.46. The minimum atomic E-state index is 0.330. The maximum absolute atomic E-state index is 5.43. The van der Waals surface area contributed by atoms with Crippen molar-refractivity contribution in [3.63, 3.8) is 0 Å². The van der Waals surface area contributed by atoms with Crippen LogP contribution < -0.4 is 10.2 Å². The first-order chi connectivity index (χ1) is 9.10. The van der Waals surface area contributed by atoms with E-state index >= 15 is 0 Å². The first kappa shape index (κ1) is 14.8. The molecule has 5 heteroatoms. The number of ether oxygens (including phenoxy) is 1. The molecule has 1 unspecified atom stereocenters. The molecule has 1 aliphatic heterocycles. The van der Waals surface area contributed by atoms with Crippen LogP contribution in [0.25, 0.3) is 0 Å². The highest BCUT2D eigenvalue weighted by Crippen LogP contribution is 2.25. The molecule has 0 saturated carbocycles. The lowest BCUT2D eigenvalue weighted by molar-refractivity contribution is 0.121. The minimum Gasteiger partial charge on any atom is -0.380 e. The number of hydrogen-bond donors (Lipinski definition) is 1. The standard InChI is InChI=1S/C14H22BrN3O/c1-10(2)16-7-11-6-12(15)8-17-14(11)18-5-4-13(9-18)19-3/h6,8,10,13,16H,4-5,7,9H2,1-3H3. The molecule has 2 heterocycles. The van der Waals surface area contributed by atoms with Gasteiger partial charge in [-0.2, -0.15) is 0 Å². The Hall–Kier alpha value is -0.650. The zero-order valence-electron chi connectivity index (χ0n) is 11.8. The van der Waals surface area contributed by atoms with Crippen molar-refractivity contribution in [2.24, 2.45) is 0 Å². The monoisotopic (exact) mass is 327 g/mol. The largest absolute Gasteiger partial charge is 0.380 e. The summed E-state index contributed by atoms with van der Waals surface area (Å²) in [6.07, 6.45) is 3.27. The second-order valence-corrected chi connectivity index (χ2v) is 6.18. The molecule has 0 aromatic carbocycles. The third-order valence-electron chi connectivity index (χ3n) is 3.39. The summed E-state index contributed by atoms with van der Waals surface area (Å²) < 4.78 is 6.46. The fraction of sp³-hybridized carbons (Fsp3) is 0.643. The maximum atomic E-state index is 5.43. The van der Waals surface area contributed by atoms with Gasteiger partial charge in [0.05, 0.1) is 6.10 Å². The van der Waals surface area contributed by atoms with Gasteiger partial charge in [0, 0.05) is 49.0 Å². The molecule has 19 heavy (non-hydrogen) atoms. The van der Waals surface area contributed by atoms with Crippen molar-refractivity contribution in [2.45, 2.75) is 39.0 Å². The molecule has 2 rings (SSSR count). The summed E-state index contributed by atoms with van der Waals surface area (Å²) in [6.45, 7) is 7.10. The first-order valence-corrected chi connectivity index (χ1v) is 7.55. The van der Waals surface area contributed by atoms with Gasteiger partial charge in [-0.05, 0) is 28.4 Å². The average molecular weight is 328 g/mol. The fourth-order valence-corrected chi connectivity index (χ4v) is 2.69. The van der Waals surface area contributed by atoms with Crippen molar-refractivity contribution in [1.82, 2.24) is 10.3 Å². The second kappa shape index (κ2) is 6.68. The summed E-state index contributed by atoms with van der Waals surface area (Å²) >= 11 is 3.50. The van der Waals surface area contributed by atoms with Crippen LogP contribution in [0.5, 0.6) is 0 Å². The van der Waals surface area contributed by atoms with E-state index in [1.54, 1.807) is 7.11 Å². The molecule has 1 saturated heterocycles. The summed E-state index contributed by atoms with van der Waals surface area (Å²) in [5.41, 5.74) is 1.24. The Kier molecular flexibility index (Phi) is 5.19. The Morgan fingerprint density at radius 3 is 3.00 bits per heavy atom. The summed E-state index contributed by atoms with van der Waals surface area (Å²) in [6, 6.07) is 2.62. The number of rotatable bonds is 5. The van der Waals surface area contributed by atoms with Crippen LogP contribution in [-0.4, -0.2) is 37.3 Å². The van der Waals surface area contributed by atoms with Crippen LogP contribution in [0.3, 0.4) is 0 Å². The molecule has 0 radical (unpaired) electrons. The third kappa shape index (κ3) is 3.91. The number of nitrogens with zero attached hydrogens (tertiary/aromatic N) is 2. The highest BCUT2D eigenvalue weighted by molar-refractivity contribution is 9.10. The van der Waals surface area contributed by atoms with Gasteiger partial charge in [-0.1, -0.05) is 13.8 Å². The predicted octanol–water partition coefficient (Wildman–Crippen LogP) is 2.57. The predicted molar refractivity (Wildman–Crippen MR) is 81.5 cm³/mol. The lowest BCUT2D eigenvalue weighted by Gasteiger charge is -2.21. The van der Waals surface area contributed by atoms with Gasteiger partial charge in [0.25, 0.3) is 0 Å². The number of pyridine rings is 1. The van der Waals surface area contributed by atoms with E-state index in [2.05, 4.69) is 51.0 Å². The zero-order valence-corrected chi connectivity index (χ0v) is 13.4. The Balaban J connectivity index is 2.14. The van der Waals surface area contributed by atoms with Gasteiger partial charge in [-0.25, -0.2) is 4.98 Å². The molecule has 1 aromatic rings. The maximum Gasteiger partial charge on any atom is 0.133 e. The topological polar surface area (TPSA) is 37.4 Å². The van der Waals surface area contributed by atoms with Gasteiger partial charge in [-0.15, -0.1) is 0 Å². The highest BCUT2D eigenvalue weighted by Gasteiger charge is 2.24. The minimum absolute atomic E-state index is 0.330. The Morgan fingerprint density at radius 2 is 2.37 bits per heavy atom. The molecule has 1 N–H and O–H groups in total. The van der Waals surface area contributed by atoms with Crippen LogP contribution in [0.2, 0.25) is 0 Å². The van der Waals surface area contributed by atoms with Crippen molar-refractivity contribution in [3.8, 4) is 0 Å². The molecule has 1 aliphatic rings. The summed E-state index contributed by atoms with van der Waals surface area (Å²) in [7, 11) is 1.78.